The van der Waals surface area contributed by atoms with Crippen molar-refractivity contribution in [3.8, 4) is 6.07 Å². The summed E-state index contributed by atoms with van der Waals surface area (Å²) in [5, 5.41) is 12.0. The molecule has 5 nitrogen and oxygen atoms in total. The van der Waals surface area contributed by atoms with Crippen LogP contribution in [-0.4, -0.2) is 19.5 Å². The lowest BCUT2D eigenvalue weighted by Gasteiger charge is -2.33. The SMILES string of the molecule is C=C(C#N)c1cc2c(c(S(=O)(=O)O)c1)NCC(C)(C)C2. The van der Waals surface area contributed by atoms with Gasteiger partial charge in [-0.15, -0.1) is 0 Å². The molecule has 0 amide bonds. The number of allylic oxidation sites excluding steroid dienone is 1. The summed E-state index contributed by atoms with van der Waals surface area (Å²) in [5.41, 5.74) is 1.74. The Morgan fingerprint density at radius 2 is 2.15 bits per heavy atom. The van der Waals surface area contributed by atoms with Crippen LogP contribution in [0.5, 0.6) is 0 Å². The van der Waals surface area contributed by atoms with Crippen molar-refractivity contribution >= 4 is 21.4 Å². The van der Waals surface area contributed by atoms with Crippen LogP contribution in [0, 0.1) is 16.7 Å². The van der Waals surface area contributed by atoms with E-state index in [2.05, 4.69) is 25.7 Å². The Labute approximate surface area is 118 Å². The van der Waals surface area contributed by atoms with Crippen LogP contribution in [-0.2, 0) is 16.5 Å². The number of hydrogen-bond acceptors (Lipinski definition) is 4. The molecule has 0 unspecified atom stereocenters. The number of anilines is 1. The van der Waals surface area contributed by atoms with Crippen LogP contribution < -0.4 is 5.32 Å². The van der Waals surface area contributed by atoms with Gasteiger partial charge in [0.05, 0.1) is 17.3 Å². The molecule has 0 aromatic heterocycles. The number of nitrogens with one attached hydrogen (secondary N) is 1. The highest BCUT2D eigenvalue weighted by molar-refractivity contribution is 7.86. The Morgan fingerprint density at radius 1 is 1.50 bits per heavy atom. The Balaban J connectivity index is 2.71. The molecule has 106 valence electrons. The third-order valence-corrected chi connectivity index (χ3v) is 4.24. The molecule has 0 fully saturated rings. The van der Waals surface area contributed by atoms with Gasteiger partial charge in [0.2, 0.25) is 0 Å². The standard InChI is InChI=1S/C14H16N2O3S/c1-9(7-15)10-4-11-6-14(2,3)8-16-13(11)12(5-10)20(17,18)19/h4-5,16H,1,6,8H2,2-3H3,(H,17,18,19). The number of nitriles is 1. The van der Waals surface area contributed by atoms with Crippen molar-refractivity contribution in [2.45, 2.75) is 25.2 Å². The molecule has 0 radical (unpaired) electrons. The van der Waals surface area contributed by atoms with Crippen LogP contribution in [0.25, 0.3) is 5.57 Å². The van der Waals surface area contributed by atoms with Crippen molar-refractivity contribution in [2.75, 3.05) is 11.9 Å². The Morgan fingerprint density at radius 3 is 2.70 bits per heavy atom. The number of fused-ring (bicyclic) bond motifs is 1. The minimum atomic E-state index is -4.36. The van der Waals surface area contributed by atoms with E-state index in [4.69, 9.17) is 5.26 Å². The van der Waals surface area contributed by atoms with Gasteiger partial charge in [0.15, 0.2) is 0 Å². The predicted octanol–water partition coefficient (Wildman–Crippen LogP) is 2.46. The molecule has 2 N–H and O–H groups in total. The van der Waals surface area contributed by atoms with Gasteiger partial charge in [0.1, 0.15) is 4.90 Å². The minimum absolute atomic E-state index is 0.0317. The molecule has 0 aliphatic carbocycles. The molecule has 0 bridgehead atoms. The first kappa shape index (κ1) is 14.6. The first-order valence-electron chi connectivity index (χ1n) is 6.12. The monoisotopic (exact) mass is 292 g/mol. The largest absolute Gasteiger partial charge is 0.383 e. The van der Waals surface area contributed by atoms with E-state index in [1.165, 1.54) is 6.07 Å². The Hall–Kier alpha value is -1.84. The van der Waals surface area contributed by atoms with E-state index in [0.29, 0.717) is 24.2 Å². The molecular formula is C14H16N2O3S. The molecule has 1 aromatic rings. The van der Waals surface area contributed by atoms with Crippen LogP contribution in [0.1, 0.15) is 25.0 Å². The quantitative estimate of drug-likeness (QED) is 0.645. The molecule has 1 aliphatic heterocycles. The normalized spacial score (nSPS) is 16.7. The first-order chi connectivity index (χ1) is 9.14. The summed E-state index contributed by atoms with van der Waals surface area (Å²) in [6.07, 6.45) is 0.657. The number of nitrogens with zero attached hydrogens (tertiary/aromatic N) is 1. The summed E-state index contributed by atoms with van der Waals surface area (Å²) in [4.78, 5) is -0.197. The summed E-state index contributed by atoms with van der Waals surface area (Å²) in [6, 6.07) is 4.93. The van der Waals surface area contributed by atoms with Gasteiger partial charge in [-0.25, -0.2) is 0 Å². The highest BCUT2D eigenvalue weighted by atomic mass is 32.2. The lowest BCUT2D eigenvalue weighted by molar-refractivity contribution is 0.377. The maximum absolute atomic E-state index is 11.5. The lowest BCUT2D eigenvalue weighted by Crippen LogP contribution is -2.31. The van der Waals surface area contributed by atoms with E-state index in [1.807, 2.05) is 6.07 Å². The van der Waals surface area contributed by atoms with Gasteiger partial charge in [-0.3, -0.25) is 4.55 Å². The Bertz CT molecular complexity index is 728. The summed E-state index contributed by atoms with van der Waals surface area (Å²) in [6.45, 7) is 8.32. The fourth-order valence-corrected chi connectivity index (χ4v) is 3.10. The molecule has 20 heavy (non-hydrogen) atoms. The van der Waals surface area contributed by atoms with Crippen molar-refractivity contribution in [1.82, 2.24) is 0 Å². The molecule has 0 saturated carbocycles. The number of hydrogen-bond donors (Lipinski definition) is 2. The van der Waals surface area contributed by atoms with Gasteiger partial charge in [-0.1, -0.05) is 20.4 Å². The van der Waals surface area contributed by atoms with Crippen molar-refractivity contribution in [1.29, 1.82) is 5.26 Å². The van der Waals surface area contributed by atoms with E-state index < -0.39 is 10.1 Å². The summed E-state index contributed by atoms with van der Waals surface area (Å²) >= 11 is 0. The van der Waals surface area contributed by atoms with Gasteiger partial charge in [0, 0.05) is 6.54 Å². The lowest BCUT2D eigenvalue weighted by atomic mass is 9.81. The average Bonchev–Trinajstić information content (AvgIpc) is 2.33. The van der Waals surface area contributed by atoms with E-state index in [-0.39, 0.29) is 15.9 Å². The molecule has 1 aromatic carbocycles. The zero-order valence-corrected chi connectivity index (χ0v) is 12.2. The summed E-state index contributed by atoms with van der Waals surface area (Å²) in [5.74, 6) is 0. The maximum Gasteiger partial charge on any atom is 0.296 e. The van der Waals surface area contributed by atoms with Crippen LogP contribution in [0.15, 0.2) is 23.6 Å². The molecule has 0 saturated heterocycles. The highest BCUT2D eigenvalue weighted by Crippen LogP contribution is 2.38. The van der Waals surface area contributed by atoms with Gasteiger partial charge < -0.3 is 5.32 Å². The summed E-state index contributed by atoms with van der Waals surface area (Å²) in [7, 11) is -4.36. The zero-order valence-electron chi connectivity index (χ0n) is 11.4. The van der Waals surface area contributed by atoms with Crippen LogP contribution in [0.3, 0.4) is 0 Å². The fraction of sp³-hybridized carbons (Fsp3) is 0.357. The fourth-order valence-electron chi connectivity index (χ4n) is 2.36. The van der Waals surface area contributed by atoms with Gasteiger partial charge in [-0.2, -0.15) is 13.7 Å². The molecular weight excluding hydrogens is 276 g/mol. The van der Waals surface area contributed by atoms with E-state index >= 15 is 0 Å². The topological polar surface area (TPSA) is 90.2 Å². The van der Waals surface area contributed by atoms with Crippen LogP contribution in [0.4, 0.5) is 5.69 Å². The highest BCUT2D eigenvalue weighted by Gasteiger charge is 2.30. The van der Waals surface area contributed by atoms with Gasteiger partial charge in [0.25, 0.3) is 10.1 Å². The minimum Gasteiger partial charge on any atom is -0.383 e. The zero-order chi connectivity index (χ0) is 15.1. The number of benzene rings is 1. The third kappa shape index (κ3) is 2.69. The van der Waals surface area contributed by atoms with Crippen LogP contribution in [0.2, 0.25) is 0 Å². The van der Waals surface area contributed by atoms with Gasteiger partial charge >= 0.3 is 0 Å². The second-order valence-corrected chi connectivity index (χ2v) is 7.16. The second kappa shape index (κ2) is 4.62. The predicted molar refractivity (Wildman–Crippen MR) is 76.9 cm³/mol. The molecule has 2 rings (SSSR count). The van der Waals surface area contributed by atoms with E-state index in [0.717, 1.165) is 5.56 Å². The van der Waals surface area contributed by atoms with Crippen molar-refractivity contribution in [3.63, 3.8) is 0 Å². The second-order valence-electron chi connectivity index (χ2n) is 5.77. The van der Waals surface area contributed by atoms with Crippen molar-refractivity contribution in [2.24, 2.45) is 5.41 Å². The first-order valence-corrected chi connectivity index (χ1v) is 7.56. The molecule has 1 aliphatic rings. The smallest absolute Gasteiger partial charge is 0.296 e. The Kier molecular flexibility index (Phi) is 3.36. The molecule has 0 atom stereocenters. The molecule has 1 heterocycles. The van der Waals surface area contributed by atoms with E-state index in [1.54, 1.807) is 6.07 Å². The van der Waals surface area contributed by atoms with Gasteiger partial charge in [-0.05, 0) is 35.1 Å². The van der Waals surface area contributed by atoms with Crippen molar-refractivity contribution < 1.29 is 13.0 Å². The average molecular weight is 292 g/mol. The van der Waals surface area contributed by atoms with Crippen LogP contribution >= 0.6 is 0 Å². The third-order valence-electron chi connectivity index (χ3n) is 3.36. The summed E-state index contributed by atoms with van der Waals surface area (Å²) < 4.78 is 32.4. The van der Waals surface area contributed by atoms with Crippen molar-refractivity contribution in [3.05, 3.63) is 29.8 Å². The molecule has 6 heteroatoms. The molecule has 0 spiro atoms. The van der Waals surface area contributed by atoms with E-state index in [9.17, 15) is 13.0 Å². The number of rotatable bonds is 2. The maximum atomic E-state index is 11.5.